The van der Waals surface area contributed by atoms with Gasteiger partial charge in [-0.15, -0.1) is 0 Å². The number of fused-ring (bicyclic) bond motifs is 1. The van der Waals surface area contributed by atoms with Crippen LogP contribution in [0.4, 0.5) is 11.4 Å². The van der Waals surface area contributed by atoms with E-state index in [2.05, 4.69) is 34.6 Å². The molecule has 0 radical (unpaired) electrons. The summed E-state index contributed by atoms with van der Waals surface area (Å²) >= 11 is 0. The van der Waals surface area contributed by atoms with Crippen LogP contribution in [0.25, 0.3) is 0 Å². The number of amides is 3. The highest BCUT2D eigenvalue weighted by molar-refractivity contribution is 6.05. The molecule has 1 N–H and O–H groups in total. The fourth-order valence-corrected chi connectivity index (χ4v) is 5.29. The van der Waals surface area contributed by atoms with Crippen molar-refractivity contribution in [2.45, 2.75) is 38.6 Å². The van der Waals surface area contributed by atoms with Crippen LogP contribution >= 0.6 is 0 Å². The maximum absolute atomic E-state index is 13.2. The molecule has 0 bridgehead atoms. The molecule has 0 saturated carbocycles. The summed E-state index contributed by atoms with van der Waals surface area (Å²) in [7, 11) is 1.78. The first-order valence-electron chi connectivity index (χ1n) is 12.5. The molecule has 1 aliphatic carbocycles. The number of carbonyl (C=O) groups excluding carboxylic acids is 3. The average molecular weight is 473 g/mol. The van der Waals surface area contributed by atoms with Crippen molar-refractivity contribution < 1.29 is 14.4 Å². The zero-order valence-corrected chi connectivity index (χ0v) is 20.2. The van der Waals surface area contributed by atoms with Crippen molar-refractivity contribution in [3.05, 3.63) is 71.8 Å². The predicted molar refractivity (Wildman–Crippen MR) is 136 cm³/mol. The van der Waals surface area contributed by atoms with Gasteiger partial charge in [-0.1, -0.05) is 30.4 Å². The lowest BCUT2D eigenvalue weighted by molar-refractivity contribution is -0.139. The molecule has 0 aromatic heterocycles. The number of carbonyl (C=O) groups is 3. The molecule has 182 valence electrons. The van der Waals surface area contributed by atoms with E-state index in [0.29, 0.717) is 30.6 Å². The van der Waals surface area contributed by atoms with Crippen LogP contribution in [-0.4, -0.2) is 42.8 Å². The number of hydrogen-bond donors (Lipinski definition) is 1. The molecule has 0 spiro atoms. The third-order valence-corrected chi connectivity index (χ3v) is 7.30. The van der Waals surface area contributed by atoms with Gasteiger partial charge in [0.25, 0.3) is 5.91 Å². The summed E-state index contributed by atoms with van der Waals surface area (Å²) in [4.78, 5) is 43.0. The third kappa shape index (κ3) is 4.81. The summed E-state index contributed by atoms with van der Waals surface area (Å²) in [5.74, 6) is -1.10. The summed E-state index contributed by atoms with van der Waals surface area (Å²) in [6.07, 6.45) is 8.85. The number of nitrogens with one attached hydrogen (secondary N) is 1. The Labute approximate surface area is 206 Å². The lowest BCUT2D eigenvalue weighted by Crippen LogP contribution is -2.59. The Morgan fingerprint density at radius 1 is 0.943 bits per heavy atom. The molecule has 2 heterocycles. The van der Waals surface area contributed by atoms with E-state index in [9.17, 15) is 14.4 Å². The van der Waals surface area contributed by atoms with Gasteiger partial charge < -0.3 is 9.80 Å². The van der Waals surface area contributed by atoms with Gasteiger partial charge in [-0.3, -0.25) is 19.8 Å². The third-order valence-electron chi connectivity index (χ3n) is 7.30. The fraction of sp³-hybridized carbons (Fsp3) is 0.393. The number of hydrogen-bond acceptors (Lipinski definition) is 4. The molecule has 2 saturated heterocycles. The van der Waals surface area contributed by atoms with Crippen molar-refractivity contribution in [2.24, 2.45) is 11.8 Å². The van der Waals surface area contributed by atoms with E-state index in [1.165, 1.54) is 30.0 Å². The standard InChI is InChI=1S/C28H32N4O3/c1-30(19-20-12-14-22(15-13-20)31-16-5-2-6-17-31)27(34)21-8-7-9-23(18-21)32-28(35)25-11-4-3-10-24(25)26(33)29-32/h3-4,7-9,12-15,18,24-25H,2,5-6,10-11,16-17,19H2,1H3,(H,29,33)/t24-,25-/m0/s1. The molecule has 35 heavy (non-hydrogen) atoms. The summed E-state index contributed by atoms with van der Waals surface area (Å²) in [5.41, 5.74) is 6.01. The molecule has 7 nitrogen and oxygen atoms in total. The van der Waals surface area contributed by atoms with Gasteiger partial charge in [0.15, 0.2) is 0 Å². The average Bonchev–Trinajstić information content (AvgIpc) is 2.91. The summed E-state index contributed by atoms with van der Waals surface area (Å²) in [5, 5.41) is 1.30. The molecule has 7 heteroatoms. The molecule has 3 amide bonds. The second-order valence-corrected chi connectivity index (χ2v) is 9.73. The van der Waals surface area contributed by atoms with E-state index in [1.54, 1.807) is 36.2 Å². The Morgan fingerprint density at radius 2 is 1.66 bits per heavy atom. The highest BCUT2D eigenvalue weighted by Crippen LogP contribution is 2.32. The largest absolute Gasteiger partial charge is 0.372 e. The highest BCUT2D eigenvalue weighted by atomic mass is 16.2. The van der Waals surface area contributed by atoms with E-state index >= 15 is 0 Å². The minimum absolute atomic E-state index is 0.134. The number of benzene rings is 2. The SMILES string of the molecule is CN(Cc1ccc(N2CCCCC2)cc1)C(=O)c1cccc(N2NC(=O)[C@H]3CC=CC[C@@H]3C2=O)c1. The first-order chi connectivity index (χ1) is 17.0. The first-order valence-corrected chi connectivity index (χ1v) is 12.5. The Hall–Kier alpha value is -3.61. The van der Waals surface area contributed by atoms with Crippen molar-refractivity contribution in [3.63, 3.8) is 0 Å². The predicted octanol–water partition coefficient (Wildman–Crippen LogP) is 3.91. The van der Waals surface area contributed by atoms with Crippen LogP contribution in [0.1, 0.15) is 48.0 Å². The Bertz CT molecular complexity index is 1140. The lowest BCUT2D eigenvalue weighted by Gasteiger charge is -2.38. The molecule has 3 aliphatic rings. The summed E-state index contributed by atoms with van der Waals surface area (Å²) in [6.45, 7) is 2.69. The zero-order chi connectivity index (χ0) is 24.4. The molecule has 2 aromatic rings. The van der Waals surface area contributed by atoms with Crippen molar-refractivity contribution in [1.29, 1.82) is 0 Å². The van der Waals surface area contributed by atoms with Crippen LogP contribution in [0.5, 0.6) is 0 Å². The van der Waals surface area contributed by atoms with E-state index in [0.717, 1.165) is 18.7 Å². The van der Waals surface area contributed by atoms with Gasteiger partial charge in [0, 0.05) is 37.9 Å². The van der Waals surface area contributed by atoms with E-state index in [1.807, 2.05) is 12.2 Å². The van der Waals surface area contributed by atoms with Crippen LogP contribution in [0, 0.1) is 11.8 Å². The van der Waals surface area contributed by atoms with E-state index in [4.69, 9.17) is 0 Å². The highest BCUT2D eigenvalue weighted by Gasteiger charge is 2.42. The van der Waals surface area contributed by atoms with Gasteiger partial charge >= 0.3 is 0 Å². The number of piperidine rings is 1. The van der Waals surface area contributed by atoms with Gasteiger partial charge in [-0.25, -0.2) is 5.01 Å². The van der Waals surface area contributed by atoms with Crippen molar-refractivity contribution in [1.82, 2.24) is 10.3 Å². The number of hydrazine groups is 1. The van der Waals surface area contributed by atoms with Gasteiger partial charge in [0.05, 0.1) is 17.5 Å². The van der Waals surface area contributed by atoms with Crippen LogP contribution in [-0.2, 0) is 16.1 Å². The van der Waals surface area contributed by atoms with Gasteiger partial charge in [-0.05, 0) is 68.0 Å². The van der Waals surface area contributed by atoms with Crippen molar-refractivity contribution in [3.8, 4) is 0 Å². The molecule has 5 rings (SSSR count). The molecule has 2 fully saturated rings. The quantitative estimate of drug-likeness (QED) is 0.670. The second-order valence-electron chi connectivity index (χ2n) is 9.73. The van der Waals surface area contributed by atoms with Crippen LogP contribution in [0.2, 0.25) is 0 Å². The molecular weight excluding hydrogens is 440 g/mol. The van der Waals surface area contributed by atoms with Gasteiger partial charge in [0.1, 0.15) is 0 Å². The smallest absolute Gasteiger partial charge is 0.253 e. The summed E-state index contributed by atoms with van der Waals surface area (Å²) in [6, 6.07) is 15.3. The maximum Gasteiger partial charge on any atom is 0.253 e. The van der Waals surface area contributed by atoms with E-state index in [-0.39, 0.29) is 29.6 Å². The van der Waals surface area contributed by atoms with Crippen molar-refractivity contribution in [2.75, 3.05) is 30.0 Å². The first kappa shape index (κ1) is 23.1. The Morgan fingerprint density at radius 3 is 2.40 bits per heavy atom. The molecule has 2 aliphatic heterocycles. The van der Waals surface area contributed by atoms with Crippen LogP contribution in [0.15, 0.2) is 60.7 Å². The fourth-order valence-electron chi connectivity index (χ4n) is 5.29. The van der Waals surface area contributed by atoms with Crippen molar-refractivity contribution >= 4 is 29.1 Å². The molecule has 2 aromatic carbocycles. The zero-order valence-electron chi connectivity index (χ0n) is 20.2. The lowest BCUT2D eigenvalue weighted by atomic mass is 9.80. The number of anilines is 2. The normalized spacial score (nSPS) is 22.0. The molecular formula is C28H32N4O3. The second kappa shape index (κ2) is 9.94. The Kier molecular flexibility index (Phi) is 6.57. The molecule has 2 atom stereocenters. The number of rotatable bonds is 5. The topological polar surface area (TPSA) is 73.0 Å². The minimum Gasteiger partial charge on any atom is -0.372 e. The Balaban J connectivity index is 1.26. The minimum atomic E-state index is -0.358. The number of nitrogens with zero attached hydrogens (tertiary/aromatic N) is 3. The summed E-state index contributed by atoms with van der Waals surface area (Å²) < 4.78 is 0. The molecule has 0 unspecified atom stereocenters. The van der Waals surface area contributed by atoms with Crippen LogP contribution in [0.3, 0.4) is 0 Å². The van der Waals surface area contributed by atoms with Gasteiger partial charge in [0.2, 0.25) is 11.8 Å². The van der Waals surface area contributed by atoms with Crippen LogP contribution < -0.4 is 15.3 Å². The number of allylic oxidation sites excluding steroid dienone is 2. The van der Waals surface area contributed by atoms with E-state index < -0.39 is 0 Å². The monoisotopic (exact) mass is 472 g/mol. The van der Waals surface area contributed by atoms with Gasteiger partial charge in [-0.2, -0.15) is 0 Å². The maximum atomic E-state index is 13.2.